The monoisotopic (exact) mass is 513 g/mol. The highest BCUT2D eigenvalue weighted by Crippen LogP contribution is 2.47. The Labute approximate surface area is 228 Å². The first-order valence-electron chi connectivity index (χ1n) is 14.7. The molecule has 0 spiro atoms. The van der Waals surface area contributed by atoms with Crippen LogP contribution in [0.1, 0.15) is 86.3 Å². The lowest BCUT2D eigenvalue weighted by atomic mass is 9.76. The summed E-state index contributed by atoms with van der Waals surface area (Å²) in [6.07, 6.45) is 11.9. The van der Waals surface area contributed by atoms with Crippen LogP contribution in [0.15, 0.2) is 72.8 Å². The number of unbranched alkanes of at least 4 members (excludes halogenated alkanes) is 6. The fourth-order valence-electron chi connectivity index (χ4n) is 6.09. The lowest BCUT2D eigenvalue weighted by Gasteiger charge is -2.34. The standard InChI is InChI=1S/C34H43NO3/c36-29-17-20-33-31(25-29)34(32(26-38-33)27-13-7-6-8-14-27)28-15-18-30(19-16-28)37-24-12-5-3-1-2-4-9-21-35-22-10-11-23-35/h6-8,13-20,25,32,34,36H,1-5,9-12,21-24,26H2/t32-,34-/m0/s1. The summed E-state index contributed by atoms with van der Waals surface area (Å²) >= 11 is 0. The van der Waals surface area contributed by atoms with E-state index in [4.69, 9.17) is 9.47 Å². The first kappa shape index (κ1) is 26.6. The summed E-state index contributed by atoms with van der Waals surface area (Å²) in [6.45, 7) is 5.34. The predicted molar refractivity (Wildman–Crippen MR) is 155 cm³/mol. The minimum absolute atomic E-state index is 0.109. The van der Waals surface area contributed by atoms with E-state index in [0.29, 0.717) is 6.61 Å². The molecule has 0 aliphatic carbocycles. The van der Waals surface area contributed by atoms with Crippen molar-refractivity contribution < 1.29 is 14.6 Å². The minimum atomic E-state index is 0.109. The van der Waals surface area contributed by atoms with Crippen LogP contribution < -0.4 is 9.47 Å². The van der Waals surface area contributed by atoms with Crippen LogP contribution in [-0.2, 0) is 0 Å². The zero-order valence-electron chi connectivity index (χ0n) is 22.7. The largest absolute Gasteiger partial charge is 0.508 e. The van der Waals surface area contributed by atoms with Crippen molar-refractivity contribution in [1.82, 2.24) is 4.90 Å². The van der Waals surface area contributed by atoms with Gasteiger partial charge in [0.15, 0.2) is 0 Å². The number of hydrogen-bond donors (Lipinski definition) is 1. The third-order valence-electron chi connectivity index (χ3n) is 8.20. The van der Waals surface area contributed by atoms with Crippen molar-refractivity contribution in [2.75, 3.05) is 32.8 Å². The Bertz CT molecular complexity index is 1110. The normalized spacial score (nSPS) is 19.2. The Hall–Kier alpha value is -2.98. The Morgan fingerprint density at radius 1 is 0.763 bits per heavy atom. The van der Waals surface area contributed by atoms with Crippen molar-refractivity contribution in [3.05, 3.63) is 89.5 Å². The van der Waals surface area contributed by atoms with Gasteiger partial charge in [-0.2, -0.15) is 0 Å². The van der Waals surface area contributed by atoms with Crippen molar-refractivity contribution in [3.63, 3.8) is 0 Å². The summed E-state index contributed by atoms with van der Waals surface area (Å²) in [5.74, 6) is 2.34. The van der Waals surface area contributed by atoms with Gasteiger partial charge < -0.3 is 19.5 Å². The fourth-order valence-corrected chi connectivity index (χ4v) is 6.09. The van der Waals surface area contributed by atoms with E-state index < -0.39 is 0 Å². The van der Waals surface area contributed by atoms with Gasteiger partial charge in [-0.25, -0.2) is 0 Å². The number of likely N-dealkylation sites (tertiary alicyclic amines) is 1. The number of phenolic OH excluding ortho intramolecular Hbond substituents is 1. The average molecular weight is 514 g/mol. The molecule has 2 atom stereocenters. The first-order chi connectivity index (χ1) is 18.8. The third-order valence-corrected chi connectivity index (χ3v) is 8.20. The molecule has 2 aliphatic heterocycles. The molecule has 0 unspecified atom stereocenters. The molecule has 0 aromatic heterocycles. The van der Waals surface area contributed by atoms with Crippen LogP contribution in [0.2, 0.25) is 0 Å². The summed E-state index contributed by atoms with van der Waals surface area (Å²) in [5.41, 5.74) is 3.50. The van der Waals surface area contributed by atoms with E-state index in [9.17, 15) is 5.11 Å². The minimum Gasteiger partial charge on any atom is -0.508 e. The Morgan fingerprint density at radius 3 is 2.24 bits per heavy atom. The highest BCUT2D eigenvalue weighted by atomic mass is 16.5. The Balaban J connectivity index is 1.09. The van der Waals surface area contributed by atoms with Gasteiger partial charge in [0.1, 0.15) is 17.2 Å². The lowest BCUT2D eigenvalue weighted by molar-refractivity contribution is 0.248. The van der Waals surface area contributed by atoms with E-state index in [1.807, 2.05) is 18.2 Å². The predicted octanol–water partition coefficient (Wildman–Crippen LogP) is 7.91. The molecule has 0 saturated carbocycles. The SMILES string of the molecule is Oc1ccc2c(c1)[C@H](c1ccc(OCCCCCCCCCN3CCCC3)cc1)[C@H](c1ccccc1)CO2. The zero-order valence-corrected chi connectivity index (χ0v) is 22.7. The summed E-state index contributed by atoms with van der Waals surface area (Å²) in [7, 11) is 0. The van der Waals surface area contributed by atoms with E-state index in [1.165, 1.54) is 82.1 Å². The van der Waals surface area contributed by atoms with Gasteiger partial charge in [0, 0.05) is 17.4 Å². The summed E-state index contributed by atoms with van der Waals surface area (Å²) in [4.78, 5) is 2.62. The van der Waals surface area contributed by atoms with Gasteiger partial charge in [0.05, 0.1) is 13.2 Å². The number of phenols is 1. The van der Waals surface area contributed by atoms with Crippen LogP contribution in [-0.4, -0.2) is 42.9 Å². The van der Waals surface area contributed by atoms with Crippen LogP contribution in [0.3, 0.4) is 0 Å². The molecule has 1 fully saturated rings. The van der Waals surface area contributed by atoms with Crippen LogP contribution >= 0.6 is 0 Å². The van der Waals surface area contributed by atoms with Gasteiger partial charge in [-0.05, 0) is 86.8 Å². The van der Waals surface area contributed by atoms with Gasteiger partial charge in [-0.3, -0.25) is 0 Å². The molecule has 38 heavy (non-hydrogen) atoms. The highest BCUT2D eigenvalue weighted by molar-refractivity contribution is 5.51. The van der Waals surface area contributed by atoms with E-state index in [0.717, 1.165) is 30.1 Å². The number of aromatic hydroxyl groups is 1. The van der Waals surface area contributed by atoms with Crippen LogP contribution in [0.5, 0.6) is 17.2 Å². The smallest absolute Gasteiger partial charge is 0.123 e. The van der Waals surface area contributed by atoms with E-state index in [1.54, 1.807) is 6.07 Å². The molecular weight excluding hydrogens is 470 g/mol. The van der Waals surface area contributed by atoms with Gasteiger partial charge in [-0.15, -0.1) is 0 Å². The van der Waals surface area contributed by atoms with Gasteiger partial charge in [0.25, 0.3) is 0 Å². The molecule has 0 radical (unpaired) electrons. The van der Waals surface area contributed by atoms with Crippen molar-refractivity contribution in [2.45, 2.75) is 69.6 Å². The van der Waals surface area contributed by atoms with E-state index in [-0.39, 0.29) is 17.6 Å². The summed E-state index contributed by atoms with van der Waals surface area (Å²) < 4.78 is 12.2. The molecule has 3 aromatic rings. The lowest BCUT2D eigenvalue weighted by Crippen LogP contribution is -2.25. The molecule has 5 rings (SSSR count). The highest BCUT2D eigenvalue weighted by Gasteiger charge is 2.33. The third kappa shape index (κ3) is 7.11. The average Bonchev–Trinajstić information content (AvgIpc) is 3.48. The second kappa shape index (κ2) is 13.7. The van der Waals surface area contributed by atoms with Crippen LogP contribution in [0.4, 0.5) is 0 Å². The van der Waals surface area contributed by atoms with Crippen molar-refractivity contribution >= 4 is 0 Å². The Morgan fingerprint density at radius 2 is 1.47 bits per heavy atom. The molecule has 2 aliphatic rings. The topological polar surface area (TPSA) is 41.9 Å². The first-order valence-corrected chi connectivity index (χ1v) is 14.7. The molecule has 4 heteroatoms. The number of rotatable bonds is 13. The molecule has 0 amide bonds. The number of nitrogens with zero attached hydrogens (tertiary/aromatic N) is 1. The van der Waals surface area contributed by atoms with Crippen molar-refractivity contribution in [3.8, 4) is 17.2 Å². The molecule has 1 N–H and O–H groups in total. The summed E-state index contributed by atoms with van der Waals surface area (Å²) in [5, 5.41) is 10.2. The maximum atomic E-state index is 10.2. The second-order valence-corrected chi connectivity index (χ2v) is 11.0. The van der Waals surface area contributed by atoms with E-state index in [2.05, 4.69) is 53.4 Å². The molecular formula is C34H43NO3. The van der Waals surface area contributed by atoms with Gasteiger partial charge >= 0.3 is 0 Å². The zero-order chi connectivity index (χ0) is 26.0. The Kier molecular flexibility index (Phi) is 9.60. The quantitative estimate of drug-likeness (QED) is 0.236. The number of fused-ring (bicyclic) bond motifs is 1. The fraction of sp³-hybridized carbons (Fsp3) is 0.471. The molecule has 0 bridgehead atoms. The van der Waals surface area contributed by atoms with Gasteiger partial charge in [0.2, 0.25) is 0 Å². The molecule has 1 saturated heterocycles. The second-order valence-electron chi connectivity index (χ2n) is 11.0. The summed E-state index contributed by atoms with van der Waals surface area (Å²) in [6, 6.07) is 24.5. The maximum absolute atomic E-state index is 10.2. The maximum Gasteiger partial charge on any atom is 0.123 e. The molecule has 2 heterocycles. The molecule has 202 valence electrons. The van der Waals surface area contributed by atoms with Crippen molar-refractivity contribution in [1.29, 1.82) is 0 Å². The number of ether oxygens (including phenoxy) is 2. The number of hydrogen-bond acceptors (Lipinski definition) is 4. The van der Waals surface area contributed by atoms with Crippen LogP contribution in [0, 0.1) is 0 Å². The molecule has 3 aromatic carbocycles. The van der Waals surface area contributed by atoms with E-state index >= 15 is 0 Å². The van der Waals surface area contributed by atoms with Crippen molar-refractivity contribution in [2.24, 2.45) is 0 Å². The number of benzene rings is 3. The molecule has 4 nitrogen and oxygen atoms in total. The van der Waals surface area contributed by atoms with Gasteiger partial charge in [-0.1, -0.05) is 74.6 Å². The van der Waals surface area contributed by atoms with Crippen LogP contribution in [0.25, 0.3) is 0 Å².